The first-order chi connectivity index (χ1) is 9.93. The highest BCUT2D eigenvalue weighted by atomic mass is 79.9. The van der Waals surface area contributed by atoms with Gasteiger partial charge >= 0.3 is 0 Å². The predicted molar refractivity (Wildman–Crippen MR) is 78.7 cm³/mol. The smallest absolute Gasteiger partial charge is 0.228 e. The highest BCUT2D eigenvalue weighted by Crippen LogP contribution is 2.30. The fraction of sp³-hybridized carbons (Fsp3) is 0.429. The average Bonchev–Trinajstić information content (AvgIpc) is 2.90. The van der Waals surface area contributed by atoms with Crippen LogP contribution in [0.4, 0.5) is 8.78 Å². The van der Waals surface area contributed by atoms with Crippen LogP contribution in [-0.2, 0) is 6.42 Å². The second kappa shape index (κ2) is 6.62. The molecule has 1 aromatic heterocycles. The summed E-state index contributed by atoms with van der Waals surface area (Å²) >= 11 is 3.02. The van der Waals surface area contributed by atoms with Crippen LogP contribution in [0.5, 0.6) is 0 Å². The number of aromatic nitrogens is 2. The van der Waals surface area contributed by atoms with Crippen molar-refractivity contribution >= 4 is 15.9 Å². The van der Waals surface area contributed by atoms with Gasteiger partial charge in [0.15, 0.2) is 11.6 Å². The molecule has 1 atom stereocenters. The molecule has 1 unspecified atom stereocenters. The van der Waals surface area contributed by atoms with E-state index >= 15 is 0 Å². The maximum atomic E-state index is 13.5. The Balaban J connectivity index is 2.26. The van der Waals surface area contributed by atoms with E-state index in [1.165, 1.54) is 6.07 Å². The van der Waals surface area contributed by atoms with Gasteiger partial charge in [0, 0.05) is 18.0 Å². The Morgan fingerprint density at radius 3 is 2.67 bits per heavy atom. The topological polar surface area (TPSA) is 51.0 Å². The number of nitrogens with one attached hydrogen (secondary N) is 1. The van der Waals surface area contributed by atoms with Gasteiger partial charge in [0.1, 0.15) is 0 Å². The van der Waals surface area contributed by atoms with Crippen LogP contribution in [0.25, 0.3) is 11.4 Å². The first kappa shape index (κ1) is 16.0. The van der Waals surface area contributed by atoms with Gasteiger partial charge in [-0.15, -0.1) is 0 Å². The van der Waals surface area contributed by atoms with E-state index in [0.717, 1.165) is 6.07 Å². The molecule has 0 aliphatic heterocycles. The van der Waals surface area contributed by atoms with E-state index in [9.17, 15) is 8.78 Å². The fourth-order valence-electron chi connectivity index (χ4n) is 2.00. The highest BCUT2D eigenvalue weighted by molar-refractivity contribution is 9.10. The number of rotatable bonds is 5. The minimum atomic E-state index is -0.964. The van der Waals surface area contributed by atoms with Gasteiger partial charge in [0.2, 0.25) is 11.7 Å². The molecular formula is C14H16BrF2N3O. The van der Waals surface area contributed by atoms with Crippen molar-refractivity contribution in [3.8, 4) is 11.4 Å². The summed E-state index contributed by atoms with van der Waals surface area (Å²) < 4.78 is 31.8. The van der Waals surface area contributed by atoms with Crippen molar-refractivity contribution in [1.82, 2.24) is 15.5 Å². The number of nitrogens with zero attached hydrogens (tertiary/aromatic N) is 2. The summed E-state index contributed by atoms with van der Waals surface area (Å²) in [6.07, 6.45) is 0.572. The number of hydrogen-bond donors (Lipinski definition) is 1. The van der Waals surface area contributed by atoms with Crippen molar-refractivity contribution in [2.45, 2.75) is 26.3 Å². The van der Waals surface area contributed by atoms with E-state index in [1.807, 2.05) is 7.05 Å². The van der Waals surface area contributed by atoms with E-state index in [1.54, 1.807) is 0 Å². The third-order valence-electron chi connectivity index (χ3n) is 3.31. The van der Waals surface area contributed by atoms with Crippen LogP contribution in [0.15, 0.2) is 21.1 Å². The van der Waals surface area contributed by atoms with Crippen molar-refractivity contribution < 1.29 is 13.3 Å². The average molecular weight is 360 g/mol. The maximum absolute atomic E-state index is 13.5. The lowest BCUT2D eigenvalue weighted by atomic mass is 10.0. The number of halogens is 3. The van der Waals surface area contributed by atoms with E-state index in [0.29, 0.717) is 23.8 Å². The van der Waals surface area contributed by atoms with Gasteiger partial charge in [-0.05, 0) is 41.0 Å². The molecule has 7 heteroatoms. The Morgan fingerprint density at radius 1 is 1.33 bits per heavy atom. The molecule has 0 bridgehead atoms. The summed E-state index contributed by atoms with van der Waals surface area (Å²) in [6, 6.07) is 2.65. The zero-order valence-corrected chi connectivity index (χ0v) is 13.5. The normalized spacial score (nSPS) is 12.9. The second-order valence-electron chi connectivity index (χ2n) is 5.08. The molecule has 1 aromatic carbocycles. The number of benzene rings is 1. The molecule has 0 amide bonds. The van der Waals surface area contributed by atoms with Crippen LogP contribution >= 0.6 is 15.9 Å². The molecular weight excluding hydrogens is 344 g/mol. The fourth-order valence-corrected chi connectivity index (χ4v) is 2.50. The van der Waals surface area contributed by atoms with Crippen molar-refractivity contribution in [3.63, 3.8) is 0 Å². The maximum Gasteiger partial charge on any atom is 0.228 e. The molecule has 2 aromatic rings. The molecule has 2 rings (SSSR count). The molecule has 0 saturated heterocycles. The third-order valence-corrected chi connectivity index (χ3v) is 4.09. The minimum absolute atomic E-state index is 0.0103. The van der Waals surface area contributed by atoms with Gasteiger partial charge in [-0.2, -0.15) is 4.98 Å². The molecule has 21 heavy (non-hydrogen) atoms. The summed E-state index contributed by atoms with van der Waals surface area (Å²) in [5.41, 5.74) is 0.356. The predicted octanol–water partition coefficient (Wildman–Crippen LogP) is 3.56. The second-order valence-corrected chi connectivity index (χ2v) is 5.87. The molecule has 0 aliphatic rings. The van der Waals surface area contributed by atoms with Crippen LogP contribution in [0.2, 0.25) is 0 Å². The quantitative estimate of drug-likeness (QED) is 0.829. The minimum Gasteiger partial charge on any atom is -0.339 e. The standard InChI is InChI=1S/C14H16BrF2N3O/c1-7(2)10(18-3)6-11-19-14(20-21-11)8-4-5-9(16)13(17)12(8)15/h4-5,7,10,18H,6H2,1-3H3. The van der Waals surface area contributed by atoms with Gasteiger partial charge in [0.25, 0.3) is 0 Å². The Labute approximate surface area is 130 Å². The molecule has 114 valence electrons. The molecule has 1 N–H and O–H groups in total. The lowest BCUT2D eigenvalue weighted by Gasteiger charge is -2.17. The zero-order chi connectivity index (χ0) is 15.6. The van der Waals surface area contributed by atoms with Gasteiger partial charge in [-0.1, -0.05) is 19.0 Å². The SMILES string of the molecule is CNC(Cc1nc(-c2ccc(F)c(F)c2Br)no1)C(C)C. The zero-order valence-electron chi connectivity index (χ0n) is 12.0. The summed E-state index contributed by atoms with van der Waals surface area (Å²) in [5.74, 6) is -0.803. The van der Waals surface area contributed by atoms with Crippen LogP contribution < -0.4 is 5.32 Å². The lowest BCUT2D eigenvalue weighted by Crippen LogP contribution is -2.32. The van der Waals surface area contributed by atoms with Crippen LogP contribution in [0.3, 0.4) is 0 Å². The van der Waals surface area contributed by atoms with Crippen molar-refractivity contribution in [2.75, 3.05) is 7.05 Å². The molecule has 0 fully saturated rings. The van der Waals surface area contributed by atoms with Crippen LogP contribution in [0, 0.1) is 17.6 Å². The first-order valence-corrected chi connectivity index (χ1v) is 7.37. The molecule has 0 saturated carbocycles. The monoisotopic (exact) mass is 359 g/mol. The third kappa shape index (κ3) is 3.47. The molecule has 0 radical (unpaired) electrons. The Hall–Kier alpha value is -1.34. The summed E-state index contributed by atoms with van der Waals surface area (Å²) in [7, 11) is 1.87. The number of hydrogen-bond acceptors (Lipinski definition) is 4. The Kier molecular flexibility index (Phi) is 5.05. The Morgan fingerprint density at radius 2 is 2.05 bits per heavy atom. The molecule has 1 heterocycles. The van der Waals surface area contributed by atoms with Gasteiger partial charge in [-0.25, -0.2) is 8.78 Å². The van der Waals surface area contributed by atoms with E-state index < -0.39 is 11.6 Å². The van der Waals surface area contributed by atoms with Crippen LogP contribution in [0.1, 0.15) is 19.7 Å². The summed E-state index contributed by atoms with van der Waals surface area (Å²) in [6.45, 7) is 4.18. The van der Waals surface area contributed by atoms with Gasteiger partial charge in [0.05, 0.1) is 4.47 Å². The Bertz CT molecular complexity index is 631. The van der Waals surface area contributed by atoms with E-state index in [4.69, 9.17) is 4.52 Å². The largest absolute Gasteiger partial charge is 0.339 e. The van der Waals surface area contributed by atoms with Crippen molar-refractivity contribution in [2.24, 2.45) is 5.92 Å². The van der Waals surface area contributed by atoms with Gasteiger partial charge < -0.3 is 9.84 Å². The van der Waals surface area contributed by atoms with Crippen molar-refractivity contribution in [3.05, 3.63) is 34.1 Å². The van der Waals surface area contributed by atoms with E-state index in [-0.39, 0.29) is 16.3 Å². The molecule has 4 nitrogen and oxygen atoms in total. The molecule has 0 spiro atoms. The van der Waals surface area contributed by atoms with Crippen LogP contribution in [-0.4, -0.2) is 23.2 Å². The van der Waals surface area contributed by atoms with Gasteiger partial charge in [-0.3, -0.25) is 0 Å². The summed E-state index contributed by atoms with van der Waals surface area (Å²) in [4.78, 5) is 4.25. The first-order valence-electron chi connectivity index (χ1n) is 6.57. The molecule has 0 aliphatic carbocycles. The van der Waals surface area contributed by atoms with Crippen molar-refractivity contribution in [1.29, 1.82) is 0 Å². The number of likely N-dealkylation sites (N-methyl/N-ethyl adjacent to an activating group) is 1. The lowest BCUT2D eigenvalue weighted by molar-refractivity contribution is 0.335. The summed E-state index contributed by atoms with van der Waals surface area (Å²) in [5, 5.41) is 7.01. The highest BCUT2D eigenvalue weighted by Gasteiger charge is 2.19. The van der Waals surface area contributed by atoms with E-state index in [2.05, 4.69) is 45.2 Å².